The zero-order valence-corrected chi connectivity index (χ0v) is 22.4. The second-order valence-corrected chi connectivity index (χ2v) is 13.7. The molecule has 0 bridgehead atoms. The van der Waals surface area contributed by atoms with E-state index in [-0.39, 0.29) is 49.9 Å². The zero-order valence-electron chi connectivity index (χ0n) is 19.9. The van der Waals surface area contributed by atoms with Gasteiger partial charge in [-0.15, -0.1) is 11.8 Å². The summed E-state index contributed by atoms with van der Waals surface area (Å²) in [5, 5.41) is 9.05. The lowest BCUT2D eigenvalue weighted by atomic mass is 10.0. The molecule has 6 nitrogen and oxygen atoms in total. The lowest BCUT2D eigenvalue weighted by Crippen LogP contribution is -2.39. The molecule has 0 N–H and O–H groups in total. The van der Waals surface area contributed by atoms with Gasteiger partial charge >= 0.3 is 6.18 Å². The number of alkyl halides is 3. The molecule has 0 aliphatic carbocycles. The molecule has 0 aromatic heterocycles. The maximum atomic E-state index is 13.7. The third-order valence-electron chi connectivity index (χ3n) is 6.27. The van der Waals surface area contributed by atoms with Gasteiger partial charge in [0.1, 0.15) is 0 Å². The number of benzene rings is 3. The van der Waals surface area contributed by atoms with Gasteiger partial charge in [-0.2, -0.15) is 22.7 Å². The van der Waals surface area contributed by atoms with E-state index in [9.17, 15) is 30.0 Å². The maximum absolute atomic E-state index is 13.7. The van der Waals surface area contributed by atoms with Crippen molar-refractivity contribution in [2.45, 2.75) is 38.6 Å². The van der Waals surface area contributed by atoms with Crippen LogP contribution in [0.4, 0.5) is 13.2 Å². The molecule has 4 rings (SSSR count). The number of halogens is 3. The Morgan fingerprint density at radius 1 is 0.868 bits per heavy atom. The summed E-state index contributed by atoms with van der Waals surface area (Å²) >= 11 is 0.927. The van der Waals surface area contributed by atoms with E-state index in [0.29, 0.717) is 12.8 Å². The Balaban J connectivity index is 1.48. The Kier molecular flexibility index (Phi) is 8.23. The SMILES string of the molecule is N#Cc1cccc(S(=O)(=O)N2CCC(CSc3cc(S(=O)(=O)c4ccccc4)ccc3C(F)(F)F)CC2)c1. The number of rotatable bonds is 7. The largest absolute Gasteiger partial charge is 0.417 e. The van der Waals surface area contributed by atoms with Crippen LogP contribution < -0.4 is 0 Å². The van der Waals surface area contributed by atoms with Crippen LogP contribution in [-0.2, 0) is 26.0 Å². The van der Waals surface area contributed by atoms with Crippen molar-refractivity contribution in [2.75, 3.05) is 18.8 Å². The molecule has 0 amide bonds. The molecule has 1 aliphatic heterocycles. The summed E-state index contributed by atoms with van der Waals surface area (Å²) in [6.45, 7) is 0.387. The van der Waals surface area contributed by atoms with Crippen LogP contribution in [0.25, 0.3) is 0 Å². The number of piperidine rings is 1. The lowest BCUT2D eigenvalue weighted by Gasteiger charge is -2.31. The summed E-state index contributed by atoms with van der Waals surface area (Å²) in [6, 6.07) is 18.0. The van der Waals surface area contributed by atoms with Crippen molar-refractivity contribution in [3.8, 4) is 6.07 Å². The van der Waals surface area contributed by atoms with Crippen LogP contribution in [-0.4, -0.2) is 40.0 Å². The van der Waals surface area contributed by atoms with Gasteiger partial charge in [-0.1, -0.05) is 24.3 Å². The van der Waals surface area contributed by atoms with Gasteiger partial charge in [0.25, 0.3) is 0 Å². The van der Waals surface area contributed by atoms with E-state index in [1.54, 1.807) is 18.2 Å². The smallest absolute Gasteiger partial charge is 0.219 e. The number of hydrogen-bond acceptors (Lipinski definition) is 6. The van der Waals surface area contributed by atoms with Crippen LogP contribution in [0.1, 0.15) is 24.0 Å². The average molecular weight is 581 g/mol. The van der Waals surface area contributed by atoms with Crippen molar-refractivity contribution in [1.82, 2.24) is 4.31 Å². The van der Waals surface area contributed by atoms with Crippen LogP contribution in [0.2, 0.25) is 0 Å². The molecular formula is C26H23F3N2O4S3. The number of sulfonamides is 1. The van der Waals surface area contributed by atoms with Crippen molar-refractivity contribution in [2.24, 2.45) is 5.92 Å². The standard InChI is InChI=1S/C26H23F3N2O4S3/c27-26(28,29)24-10-9-22(37(32,33)21-6-2-1-3-7-21)16-25(24)36-18-19-11-13-31(14-12-19)38(34,35)23-8-4-5-20(15-23)17-30/h1-10,15-16,19H,11-14,18H2. The van der Waals surface area contributed by atoms with E-state index in [1.165, 1.54) is 40.7 Å². The van der Waals surface area contributed by atoms with Gasteiger partial charge in [-0.3, -0.25) is 0 Å². The minimum Gasteiger partial charge on any atom is -0.219 e. The zero-order chi connectivity index (χ0) is 27.6. The van der Waals surface area contributed by atoms with Gasteiger partial charge in [-0.25, -0.2) is 16.8 Å². The quantitative estimate of drug-likeness (QED) is 0.338. The molecule has 0 radical (unpaired) electrons. The Morgan fingerprint density at radius 2 is 1.53 bits per heavy atom. The fourth-order valence-electron chi connectivity index (χ4n) is 4.16. The number of nitrogens with zero attached hydrogens (tertiary/aromatic N) is 2. The summed E-state index contributed by atoms with van der Waals surface area (Å²) in [6.07, 6.45) is -3.78. The van der Waals surface area contributed by atoms with E-state index in [1.807, 2.05) is 6.07 Å². The fraction of sp³-hybridized carbons (Fsp3) is 0.269. The van der Waals surface area contributed by atoms with Crippen LogP contribution in [0.15, 0.2) is 92.4 Å². The number of hydrogen-bond donors (Lipinski definition) is 0. The van der Waals surface area contributed by atoms with Gasteiger partial charge in [0.05, 0.1) is 31.9 Å². The molecule has 12 heteroatoms. The second kappa shape index (κ2) is 11.1. The first-order chi connectivity index (χ1) is 17.9. The molecule has 0 spiro atoms. The molecule has 3 aromatic carbocycles. The summed E-state index contributed by atoms with van der Waals surface area (Å²) in [5.41, 5.74) is -0.679. The van der Waals surface area contributed by atoms with Gasteiger partial charge in [0.15, 0.2) is 0 Å². The third kappa shape index (κ3) is 6.07. The number of sulfone groups is 1. The minimum atomic E-state index is -4.66. The van der Waals surface area contributed by atoms with Gasteiger partial charge < -0.3 is 0 Å². The highest BCUT2D eigenvalue weighted by atomic mass is 32.2. The molecule has 3 aromatic rings. The fourth-order valence-corrected chi connectivity index (χ4v) is 8.35. The topological polar surface area (TPSA) is 95.3 Å². The van der Waals surface area contributed by atoms with E-state index in [4.69, 9.17) is 5.26 Å². The lowest BCUT2D eigenvalue weighted by molar-refractivity contribution is -0.139. The summed E-state index contributed by atoms with van der Waals surface area (Å²) in [7, 11) is -7.80. The second-order valence-electron chi connectivity index (χ2n) is 8.77. The van der Waals surface area contributed by atoms with E-state index >= 15 is 0 Å². The Labute approximate surface area is 224 Å². The van der Waals surface area contributed by atoms with Crippen molar-refractivity contribution in [3.63, 3.8) is 0 Å². The van der Waals surface area contributed by atoms with Crippen molar-refractivity contribution >= 4 is 31.6 Å². The first-order valence-electron chi connectivity index (χ1n) is 11.6. The highest BCUT2D eigenvalue weighted by molar-refractivity contribution is 7.99. The summed E-state index contributed by atoms with van der Waals surface area (Å²) in [5.74, 6) is 0.211. The molecule has 38 heavy (non-hydrogen) atoms. The minimum absolute atomic E-state index is 0.00963. The van der Waals surface area contributed by atoms with Crippen molar-refractivity contribution in [3.05, 3.63) is 83.9 Å². The first-order valence-corrected chi connectivity index (χ1v) is 15.5. The highest BCUT2D eigenvalue weighted by Crippen LogP contribution is 2.40. The highest BCUT2D eigenvalue weighted by Gasteiger charge is 2.35. The van der Waals surface area contributed by atoms with Crippen molar-refractivity contribution < 1.29 is 30.0 Å². The monoisotopic (exact) mass is 580 g/mol. The molecule has 1 fully saturated rings. The normalized spacial score (nSPS) is 15.7. The Bertz CT molecular complexity index is 1560. The molecular weight excluding hydrogens is 557 g/mol. The van der Waals surface area contributed by atoms with E-state index < -0.39 is 31.6 Å². The molecule has 0 saturated carbocycles. The number of thioether (sulfide) groups is 1. The van der Waals surface area contributed by atoms with Crippen LogP contribution in [0.3, 0.4) is 0 Å². The molecule has 1 saturated heterocycles. The van der Waals surface area contributed by atoms with Crippen LogP contribution >= 0.6 is 11.8 Å². The van der Waals surface area contributed by atoms with Gasteiger partial charge in [-0.05, 0) is 67.3 Å². The number of nitriles is 1. The van der Waals surface area contributed by atoms with Crippen molar-refractivity contribution in [1.29, 1.82) is 5.26 Å². The van der Waals surface area contributed by atoms with Gasteiger partial charge in [0, 0.05) is 23.7 Å². The third-order valence-corrected chi connectivity index (χ3v) is 11.2. The Hall–Kier alpha value is -2.85. The molecule has 1 aliphatic rings. The molecule has 1 heterocycles. The molecule has 0 unspecified atom stereocenters. The predicted octanol–water partition coefficient (Wildman–Crippen LogP) is 5.60. The first kappa shape index (κ1) is 28.2. The predicted molar refractivity (Wildman–Crippen MR) is 137 cm³/mol. The molecule has 0 atom stereocenters. The maximum Gasteiger partial charge on any atom is 0.417 e. The average Bonchev–Trinajstić information content (AvgIpc) is 2.92. The van der Waals surface area contributed by atoms with Crippen LogP contribution in [0.5, 0.6) is 0 Å². The van der Waals surface area contributed by atoms with E-state index in [0.717, 1.165) is 30.0 Å². The van der Waals surface area contributed by atoms with Crippen LogP contribution in [0, 0.1) is 17.2 Å². The molecule has 200 valence electrons. The van der Waals surface area contributed by atoms with E-state index in [2.05, 4.69) is 0 Å². The Morgan fingerprint density at radius 3 is 2.16 bits per heavy atom. The summed E-state index contributed by atoms with van der Waals surface area (Å²) in [4.78, 5) is -0.391. The summed E-state index contributed by atoms with van der Waals surface area (Å²) < 4.78 is 94.3. The van der Waals surface area contributed by atoms with Gasteiger partial charge in [0.2, 0.25) is 19.9 Å².